The van der Waals surface area contributed by atoms with Gasteiger partial charge in [0.15, 0.2) is 0 Å². The number of nitrogens with zero attached hydrogens (tertiary/aromatic N) is 1. The molecular weight excluding hydrogens is 260 g/mol. The Hall–Kier alpha value is -0.900. The Labute approximate surface area is 128 Å². The van der Waals surface area contributed by atoms with Crippen LogP contribution in [0.15, 0.2) is 30.3 Å². The Morgan fingerprint density at radius 3 is 2.38 bits per heavy atom. The van der Waals surface area contributed by atoms with Crippen molar-refractivity contribution in [2.45, 2.75) is 31.8 Å². The third-order valence-corrected chi connectivity index (χ3v) is 5.19. The van der Waals surface area contributed by atoms with Crippen LogP contribution in [-0.4, -0.2) is 42.7 Å². The number of likely N-dealkylation sites (tertiary alicyclic amines) is 1. The molecule has 1 unspecified atom stereocenters. The molecule has 0 aliphatic carbocycles. The fraction of sp³-hybridized carbons (Fsp3) is 0.667. The van der Waals surface area contributed by atoms with Gasteiger partial charge < -0.3 is 15.3 Å². The van der Waals surface area contributed by atoms with Crippen LogP contribution in [0, 0.1) is 11.8 Å². The zero-order valence-corrected chi connectivity index (χ0v) is 12.9. The third kappa shape index (κ3) is 4.06. The largest absolute Gasteiger partial charge is 0.388 e. The van der Waals surface area contributed by atoms with Crippen LogP contribution in [0.5, 0.6) is 0 Å². The van der Waals surface area contributed by atoms with Crippen LogP contribution in [0.2, 0.25) is 0 Å². The number of benzene rings is 1. The molecule has 2 fully saturated rings. The summed E-state index contributed by atoms with van der Waals surface area (Å²) in [5.41, 5.74) is 1.08. The summed E-state index contributed by atoms with van der Waals surface area (Å²) in [6.07, 6.45) is 4.62. The fourth-order valence-electron chi connectivity index (χ4n) is 3.80. The van der Waals surface area contributed by atoms with Crippen molar-refractivity contribution < 1.29 is 5.11 Å². The SMILES string of the molecule is OC(c1ccccc1)C1CCN(CC2CCNCC2)CC1. The molecule has 0 radical (unpaired) electrons. The second-order valence-corrected chi connectivity index (χ2v) is 6.69. The van der Waals surface area contributed by atoms with Crippen molar-refractivity contribution >= 4 is 0 Å². The smallest absolute Gasteiger partial charge is 0.0819 e. The molecule has 1 aromatic carbocycles. The third-order valence-electron chi connectivity index (χ3n) is 5.19. The van der Waals surface area contributed by atoms with Crippen molar-refractivity contribution in [2.75, 3.05) is 32.7 Å². The quantitative estimate of drug-likeness (QED) is 0.893. The molecule has 0 bridgehead atoms. The van der Waals surface area contributed by atoms with Gasteiger partial charge in [0.05, 0.1) is 6.10 Å². The van der Waals surface area contributed by atoms with Crippen molar-refractivity contribution in [2.24, 2.45) is 11.8 Å². The molecule has 116 valence electrons. The minimum absolute atomic E-state index is 0.285. The average molecular weight is 288 g/mol. The van der Waals surface area contributed by atoms with Gasteiger partial charge in [0.1, 0.15) is 0 Å². The van der Waals surface area contributed by atoms with E-state index in [-0.39, 0.29) is 6.10 Å². The molecule has 1 aromatic rings. The zero-order chi connectivity index (χ0) is 14.5. The van der Waals surface area contributed by atoms with Crippen LogP contribution in [0.4, 0.5) is 0 Å². The van der Waals surface area contributed by atoms with E-state index in [0.29, 0.717) is 5.92 Å². The highest BCUT2D eigenvalue weighted by Gasteiger charge is 2.27. The first-order valence-corrected chi connectivity index (χ1v) is 8.49. The van der Waals surface area contributed by atoms with Gasteiger partial charge in [-0.05, 0) is 69.3 Å². The first kappa shape index (κ1) is 15.0. The first-order chi connectivity index (χ1) is 10.3. The summed E-state index contributed by atoms with van der Waals surface area (Å²) in [6, 6.07) is 10.1. The van der Waals surface area contributed by atoms with Gasteiger partial charge in [-0.1, -0.05) is 30.3 Å². The molecule has 2 aliphatic heterocycles. The van der Waals surface area contributed by atoms with Crippen molar-refractivity contribution in [1.29, 1.82) is 0 Å². The Morgan fingerprint density at radius 2 is 1.71 bits per heavy atom. The van der Waals surface area contributed by atoms with Crippen molar-refractivity contribution in [1.82, 2.24) is 10.2 Å². The summed E-state index contributed by atoms with van der Waals surface area (Å²) in [6.45, 7) is 5.94. The second-order valence-electron chi connectivity index (χ2n) is 6.69. The van der Waals surface area contributed by atoms with Crippen molar-refractivity contribution in [3.8, 4) is 0 Å². The molecule has 0 saturated carbocycles. The lowest BCUT2D eigenvalue weighted by Crippen LogP contribution is -2.41. The Kier molecular flexibility index (Phi) is 5.28. The van der Waals surface area contributed by atoms with E-state index >= 15 is 0 Å². The lowest BCUT2D eigenvalue weighted by atomic mass is 9.87. The lowest BCUT2D eigenvalue weighted by molar-refractivity contribution is 0.0525. The minimum Gasteiger partial charge on any atom is -0.388 e. The van der Waals surface area contributed by atoms with E-state index in [1.165, 1.54) is 32.5 Å². The molecular formula is C18H28N2O. The van der Waals surface area contributed by atoms with Gasteiger partial charge >= 0.3 is 0 Å². The summed E-state index contributed by atoms with van der Waals surface area (Å²) in [5, 5.41) is 14.0. The normalized spacial score (nSPS) is 24.0. The van der Waals surface area contributed by atoms with Gasteiger partial charge in [-0.3, -0.25) is 0 Å². The topological polar surface area (TPSA) is 35.5 Å². The van der Waals surface area contributed by atoms with E-state index < -0.39 is 0 Å². The van der Waals surface area contributed by atoms with E-state index in [9.17, 15) is 5.11 Å². The van der Waals surface area contributed by atoms with Gasteiger partial charge in [0, 0.05) is 6.54 Å². The van der Waals surface area contributed by atoms with E-state index in [1.54, 1.807) is 0 Å². The molecule has 3 heteroatoms. The lowest BCUT2D eigenvalue weighted by Gasteiger charge is -2.37. The van der Waals surface area contributed by atoms with Gasteiger partial charge in [-0.15, -0.1) is 0 Å². The number of aliphatic hydroxyl groups is 1. The molecule has 1 atom stereocenters. The monoisotopic (exact) mass is 288 g/mol. The zero-order valence-electron chi connectivity index (χ0n) is 12.9. The van der Waals surface area contributed by atoms with Crippen LogP contribution < -0.4 is 5.32 Å². The van der Waals surface area contributed by atoms with E-state index in [2.05, 4.69) is 10.2 Å². The molecule has 0 spiro atoms. The van der Waals surface area contributed by atoms with Crippen LogP contribution in [0.25, 0.3) is 0 Å². The van der Waals surface area contributed by atoms with Gasteiger partial charge in [0.2, 0.25) is 0 Å². The van der Waals surface area contributed by atoms with Gasteiger partial charge in [-0.2, -0.15) is 0 Å². The predicted molar refractivity (Wildman–Crippen MR) is 86.2 cm³/mol. The number of piperidine rings is 2. The standard InChI is InChI=1S/C18H28N2O/c21-18(16-4-2-1-3-5-16)17-8-12-20(13-9-17)14-15-6-10-19-11-7-15/h1-5,15,17-19,21H,6-14H2. The van der Waals surface area contributed by atoms with Crippen LogP contribution in [0.3, 0.4) is 0 Å². The van der Waals surface area contributed by atoms with Crippen molar-refractivity contribution in [3.05, 3.63) is 35.9 Å². The molecule has 2 saturated heterocycles. The van der Waals surface area contributed by atoms with Crippen LogP contribution in [0.1, 0.15) is 37.4 Å². The van der Waals surface area contributed by atoms with E-state index in [0.717, 1.165) is 37.4 Å². The molecule has 3 nitrogen and oxygen atoms in total. The molecule has 21 heavy (non-hydrogen) atoms. The van der Waals surface area contributed by atoms with Crippen molar-refractivity contribution in [3.63, 3.8) is 0 Å². The van der Waals surface area contributed by atoms with Crippen LogP contribution in [-0.2, 0) is 0 Å². The number of hydrogen-bond donors (Lipinski definition) is 2. The summed E-state index contributed by atoms with van der Waals surface area (Å²) in [5.74, 6) is 1.30. The minimum atomic E-state index is -0.285. The maximum atomic E-state index is 10.5. The summed E-state index contributed by atoms with van der Waals surface area (Å²) in [7, 11) is 0. The highest BCUT2D eigenvalue weighted by atomic mass is 16.3. The maximum Gasteiger partial charge on any atom is 0.0819 e. The summed E-state index contributed by atoms with van der Waals surface area (Å²) < 4.78 is 0. The molecule has 2 aliphatic rings. The average Bonchev–Trinajstić information content (AvgIpc) is 2.57. The van der Waals surface area contributed by atoms with Crippen LogP contribution >= 0.6 is 0 Å². The predicted octanol–water partition coefficient (Wildman–Crippen LogP) is 2.43. The highest BCUT2D eigenvalue weighted by molar-refractivity contribution is 5.18. The number of nitrogens with one attached hydrogen (secondary N) is 1. The van der Waals surface area contributed by atoms with E-state index in [4.69, 9.17) is 0 Å². The second kappa shape index (κ2) is 7.39. The number of aliphatic hydroxyl groups excluding tert-OH is 1. The molecule has 0 aromatic heterocycles. The number of hydrogen-bond acceptors (Lipinski definition) is 3. The highest BCUT2D eigenvalue weighted by Crippen LogP contribution is 2.31. The molecule has 2 N–H and O–H groups in total. The fourth-order valence-corrected chi connectivity index (χ4v) is 3.80. The Bertz CT molecular complexity index is 408. The van der Waals surface area contributed by atoms with E-state index in [1.807, 2.05) is 30.3 Å². The Balaban J connectivity index is 1.46. The first-order valence-electron chi connectivity index (χ1n) is 8.49. The molecule has 3 rings (SSSR count). The Morgan fingerprint density at radius 1 is 1.05 bits per heavy atom. The van der Waals surface area contributed by atoms with Gasteiger partial charge in [-0.25, -0.2) is 0 Å². The number of rotatable bonds is 4. The summed E-state index contributed by atoms with van der Waals surface area (Å²) in [4.78, 5) is 2.62. The summed E-state index contributed by atoms with van der Waals surface area (Å²) >= 11 is 0. The van der Waals surface area contributed by atoms with Gasteiger partial charge in [0.25, 0.3) is 0 Å². The maximum absolute atomic E-state index is 10.5. The molecule has 2 heterocycles. The molecule has 0 amide bonds.